The van der Waals surface area contributed by atoms with E-state index < -0.39 is 0 Å². The van der Waals surface area contributed by atoms with Crippen molar-refractivity contribution in [1.82, 2.24) is 4.57 Å². The van der Waals surface area contributed by atoms with E-state index in [1.165, 1.54) is 55.2 Å². The van der Waals surface area contributed by atoms with Gasteiger partial charge in [0.25, 0.3) is 0 Å². The molecule has 0 N–H and O–H groups in total. The van der Waals surface area contributed by atoms with E-state index in [4.69, 9.17) is 4.42 Å². The molecule has 0 aliphatic carbocycles. The monoisotopic (exact) mass is 713 g/mol. The van der Waals surface area contributed by atoms with Crippen LogP contribution in [0.25, 0.3) is 105 Å². The van der Waals surface area contributed by atoms with Crippen LogP contribution in [0.3, 0.4) is 0 Å². The summed E-state index contributed by atoms with van der Waals surface area (Å²) in [6.07, 6.45) is 0. The summed E-state index contributed by atoms with van der Waals surface area (Å²) in [6, 6.07) is 76.4. The molecule has 0 aliphatic heterocycles. The number of nitrogens with zero attached hydrogens (tertiary/aromatic N) is 1. The first-order chi connectivity index (χ1) is 27.7. The van der Waals surface area contributed by atoms with Crippen LogP contribution in [-0.4, -0.2) is 4.57 Å². The number of furan rings is 1. The van der Waals surface area contributed by atoms with Gasteiger partial charge in [0.1, 0.15) is 11.2 Å². The summed E-state index contributed by atoms with van der Waals surface area (Å²) in [5, 5.41) is 4.72. The van der Waals surface area contributed by atoms with Gasteiger partial charge in [-0.25, -0.2) is 0 Å². The van der Waals surface area contributed by atoms with E-state index in [1.54, 1.807) is 0 Å². The molecule has 262 valence electrons. The highest BCUT2D eigenvalue weighted by Gasteiger charge is 2.17. The third-order valence-corrected chi connectivity index (χ3v) is 11.2. The number of benzene rings is 9. The quantitative estimate of drug-likeness (QED) is 0.168. The van der Waals surface area contributed by atoms with Crippen molar-refractivity contribution in [2.75, 3.05) is 0 Å². The Balaban J connectivity index is 1.09. The number of hydrogen-bond acceptors (Lipinski definition) is 1. The fourth-order valence-electron chi connectivity index (χ4n) is 8.44. The molecule has 0 unspecified atom stereocenters. The minimum Gasteiger partial charge on any atom is -0.455 e. The van der Waals surface area contributed by atoms with Gasteiger partial charge >= 0.3 is 0 Å². The van der Waals surface area contributed by atoms with E-state index in [0.29, 0.717) is 0 Å². The Morgan fingerprint density at radius 3 is 1.50 bits per heavy atom. The average Bonchev–Trinajstić information content (AvgIpc) is 3.82. The summed E-state index contributed by atoms with van der Waals surface area (Å²) in [5.41, 5.74) is 17.1. The molecule has 0 spiro atoms. The van der Waals surface area contributed by atoms with Crippen molar-refractivity contribution in [3.8, 4) is 61.3 Å². The van der Waals surface area contributed by atoms with Gasteiger partial charge in [0.05, 0.1) is 11.0 Å². The van der Waals surface area contributed by atoms with Crippen molar-refractivity contribution in [2.45, 2.75) is 0 Å². The maximum absolute atomic E-state index is 6.57. The lowest BCUT2D eigenvalue weighted by molar-refractivity contribution is 0.670. The van der Waals surface area contributed by atoms with Crippen molar-refractivity contribution < 1.29 is 4.42 Å². The molecule has 11 rings (SSSR count). The number of para-hydroxylation sites is 3. The molecule has 0 amide bonds. The zero-order valence-corrected chi connectivity index (χ0v) is 30.6. The van der Waals surface area contributed by atoms with Crippen molar-refractivity contribution in [3.63, 3.8) is 0 Å². The number of aromatic nitrogens is 1. The molecule has 0 radical (unpaired) electrons. The van der Waals surface area contributed by atoms with Crippen molar-refractivity contribution in [1.29, 1.82) is 0 Å². The van der Waals surface area contributed by atoms with E-state index in [2.05, 4.69) is 217 Å². The molecular weight excluding hydrogens is 679 g/mol. The smallest absolute Gasteiger partial charge is 0.143 e. The molecule has 0 aliphatic rings. The Hall–Kier alpha value is -7.42. The number of fused-ring (bicyclic) bond motifs is 6. The summed E-state index contributed by atoms with van der Waals surface area (Å²) in [7, 11) is 0. The molecule has 2 nitrogen and oxygen atoms in total. The van der Waals surface area contributed by atoms with Gasteiger partial charge in [0.15, 0.2) is 0 Å². The lowest BCUT2D eigenvalue weighted by Crippen LogP contribution is -1.93. The minimum atomic E-state index is 0.889. The van der Waals surface area contributed by atoms with Crippen LogP contribution in [0.5, 0.6) is 0 Å². The molecule has 0 fully saturated rings. The fourth-order valence-corrected chi connectivity index (χ4v) is 8.44. The molecule has 0 atom stereocenters. The minimum absolute atomic E-state index is 0.889. The standard InChI is InChI=1S/C54H35NO/c1-4-13-36(14-5-1)37-23-25-38(26-24-37)42-31-43(40-27-29-52-49(34-40)47-19-10-11-22-51(47)55(52)45-17-8-3-9-18-45)33-44(32-42)41-28-30-53-50(35-41)48-21-12-20-46(54(48)56-53)39-15-6-2-7-16-39/h1-35H. The molecule has 2 aromatic heterocycles. The van der Waals surface area contributed by atoms with Crippen LogP contribution in [0.15, 0.2) is 217 Å². The van der Waals surface area contributed by atoms with Gasteiger partial charge in [-0.3, -0.25) is 0 Å². The van der Waals surface area contributed by atoms with Gasteiger partial charge in [0.2, 0.25) is 0 Å². The van der Waals surface area contributed by atoms with Gasteiger partial charge in [-0.2, -0.15) is 0 Å². The molecule has 0 saturated heterocycles. The Morgan fingerprint density at radius 2 is 0.786 bits per heavy atom. The molecule has 11 aromatic rings. The summed E-state index contributed by atoms with van der Waals surface area (Å²) in [4.78, 5) is 0. The largest absolute Gasteiger partial charge is 0.455 e. The van der Waals surface area contributed by atoms with Crippen LogP contribution >= 0.6 is 0 Å². The molecular formula is C54H35NO. The zero-order valence-electron chi connectivity index (χ0n) is 30.6. The van der Waals surface area contributed by atoms with Crippen LogP contribution in [0.2, 0.25) is 0 Å². The highest BCUT2D eigenvalue weighted by Crippen LogP contribution is 2.41. The Bertz CT molecular complexity index is 3210. The van der Waals surface area contributed by atoms with E-state index in [0.717, 1.165) is 49.9 Å². The number of rotatable bonds is 6. The fraction of sp³-hybridized carbons (Fsp3) is 0. The van der Waals surface area contributed by atoms with Crippen molar-refractivity contribution in [2.24, 2.45) is 0 Å². The summed E-state index contributed by atoms with van der Waals surface area (Å²) in [6.45, 7) is 0. The predicted molar refractivity (Wildman–Crippen MR) is 235 cm³/mol. The van der Waals surface area contributed by atoms with E-state index in [1.807, 2.05) is 0 Å². The zero-order chi connectivity index (χ0) is 37.0. The maximum Gasteiger partial charge on any atom is 0.143 e. The van der Waals surface area contributed by atoms with E-state index in [9.17, 15) is 0 Å². The van der Waals surface area contributed by atoms with Crippen LogP contribution in [0.4, 0.5) is 0 Å². The van der Waals surface area contributed by atoms with Gasteiger partial charge in [-0.05, 0) is 111 Å². The van der Waals surface area contributed by atoms with Gasteiger partial charge in [0, 0.05) is 32.8 Å². The second kappa shape index (κ2) is 13.2. The molecule has 9 aromatic carbocycles. The molecule has 0 bridgehead atoms. The first kappa shape index (κ1) is 32.0. The van der Waals surface area contributed by atoms with Gasteiger partial charge < -0.3 is 8.98 Å². The molecule has 56 heavy (non-hydrogen) atoms. The van der Waals surface area contributed by atoms with E-state index >= 15 is 0 Å². The molecule has 2 heteroatoms. The molecule has 0 saturated carbocycles. The van der Waals surface area contributed by atoms with Gasteiger partial charge in [-0.15, -0.1) is 0 Å². The topological polar surface area (TPSA) is 18.1 Å². The second-order valence-electron chi connectivity index (χ2n) is 14.5. The summed E-state index contributed by atoms with van der Waals surface area (Å²) in [5.74, 6) is 0. The molecule has 2 heterocycles. The third kappa shape index (κ3) is 5.42. The first-order valence-corrected chi connectivity index (χ1v) is 19.2. The predicted octanol–water partition coefficient (Wildman–Crippen LogP) is 15.0. The van der Waals surface area contributed by atoms with Crippen LogP contribution in [0, 0.1) is 0 Å². The Morgan fingerprint density at radius 1 is 0.286 bits per heavy atom. The SMILES string of the molecule is c1ccc(-c2ccc(-c3cc(-c4ccc5oc6c(-c7ccccc7)cccc6c5c4)cc(-c4ccc5c(c4)c4ccccc4n5-c4ccccc4)c3)cc2)cc1. The van der Waals surface area contributed by atoms with Crippen LogP contribution in [0.1, 0.15) is 0 Å². The average molecular weight is 714 g/mol. The van der Waals surface area contributed by atoms with E-state index in [-0.39, 0.29) is 0 Å². The summed E-state index contributed by atoms with van der Waals surface area (Å²) < 4.78 is 8.94. The summed E-state index contributed by atoms with van der Waals surface area (Å²) >= 11 is 0. The van der Waals surface area contributed by atoms with Gasteiger partial charge in [-0.1, -0.05) is 152 Å². The van der Waals surface area contributed by atoms with Crippen molar-refractivity contribution in [3.05, 3.63) is 212 Å². The Labute approximate surface area is 325 Å². The second-order valence-corrected chi connectivity index (χ2v) is 14.5. The first-order valence-electron chi connectivity index (χ1n) is 19.2. The number of hydrogen-bond donors (Lipinski definition) is 0. The van der Waals surface area contributed by atoms with Crippen molar-refractivity contribution >= 4 is 43.7 Å². The lowest BCUT2D eigenvalue weighted by atomic mass is 9.91. The highest BCUT2D eigenvalue weighted by atomic mass is 16.3. The Kier molecular flexibility index (Phi) is 7.53. The normalized spacial score (nSPS) is 11.6. The maximum atomic E-state index is 6.57. The highest BCUT2D eigenvalue weighted by molar-refractivity contribution is 6.12. The van der Waals surface area contributed by atoms with Crippen LogP contribution in [-0.2, 0) is 0 Å². The van der Waals surface area contributed by atoms with Crippen LogP contribution < -0.4 is 0 Å². The lowest BCUT2D eigenvalue weighted by Gasteiger charge is -2.13. The third-order valence-electron chi connectivity index (χ3n) is 11.2.